The highest BCUT2D eigenvalue weighted by Crippen LogP contribution is 2.41. The molecule has 31 heavy (non-hydrogen) atoms. The number of fused-ring (bicyclic) bond motifs is 4. The maximum atomic E-state index is 4.86. The zero-order valence-corrected chi connectivity index (χ0v) is 19.0. The van der Waals surface area contributed by atoms with E-state index in [1.807, 2.05) is 24.1 Å². The quantitative estimate of drug-likeness (QED) is 0.380. The smallest absolute Gasteiger partial charge is 0.0961 e. The van der Waals surface area contributed by atoms with Gasteiger partial charge < -0.3 is 9.88 Å². The lowest BCUT2D eigenvalue weighted by molar-refractivity contribution is 0.299. The van der Waals surface area contributed by atoms with Crippen molar-refractivity contribution in [1.29, 1.82) is 0 Å². The summed E-state index contributed by atoms with van der Waals surface area (Å²) in [7, 11) is 2.00. The Labute approximate surface area is 189 Å². The largest absolute Gasteiger partial charge is 0.331 e. The van der Waals surface area contributed by atoms with Gasteiger partial charge in [-0.2, -0.15) is 5.10 Å². The minimum atomic E-state index is 0.258. The lowest BCUT2D eigenvalue weighted by Gasteiger charge is -2.33. The van der Waals surface area contributed by atoms with Gasteiger partial charge in [0.25, 0.3) is 0 Å². The molecule has 6 heteroatoms. The van der Waals surface area contributed by atoms with E-state index in [9.17, 15) is 0 Å². The first-order valence-corrected chi connectivity index (χ1v) is 11.7. The molecule has 0 amide bonds. The highest BCUT2D eigenvalue weighted by atomic mass is 79.9. The Hall–Kier alpha value is -2.70. The lowest BCUT2D eigenvalue weighted by Crippen LogP contribution is -2.33. The number of aryl methyl sites for hydroxylation is 1. The van der Waals surface area contributed by atoms with Crippen molar-refractivity contribution in [2.75, 3.05) is 13.1 Å². The average molecular weight is 474 g/mol. The second kappa shape index (κ2) is 7.46. The van der Waals surface area contributed by atoms with E-state index in [0.29, 0.717) is 5.92 Å². The van der Waals surface area contributed by atoms with Crippen LogP contribution in [0.3, 0.4) is 0 Å². The van der Waals surface area contributed by atoms with Gasteiger partial charge in [-0.1, -0.05) is 30.3 Å². The number of benzene rings is 2. The fourth-order valence-corrected chi connectivity index (χ4v) is 5.59. The third-order valence-corrected chi connectivity index (χ3v) is 7.16. The number of pyridine rings is 1. The molecular weight excluding hydrogens is 450 g/mol. The second-order valence-corrected chi connectivity index (χ2v) is 9.45. The molecule has 1 atom stereocenters. The van der Waals surface area contributed by atoms with Crippen LogP contribution in [0.2, 0.25) is 0 Å². The summed E-state index contributed by atoms with van der Waals surface area (Å²) in [6.07, 6.45) is 6.19. The molecule has 4 heterocycles. The van der Waals surface area contributed by atoms with Gasteiger partial charge in [-0.25, -0.2) is 0 Å². The van der Waals surface area contributed by atoms with Crippen molar-refractivity contribution in [1.82, 2.24) is 24.6 Å². The van der Waals surface area contributed by atoms with Crippen molar-refractivity contribution in [3.05, 3.63) is 71.0 Å². The van der Waals surface area contributed by atoms with E-state index in [1.165, 1.54) is 22.0 Å². The number of halogens is 1. The van der Waals surface area contributed by atoms with Gasteiger partial charge >= 0.3 is 0 Å². The molecule has 2 aromatic carbocycles. The van der Waals surface area contributed by atoms with Gasteiger partial charge in [0, 0.05) is 28.5 Å². The Morgan fingerprint density at radius 3 is 2.61 bits per heavy atom. The molecule has 0 spiro atoms. The minimum absolute atomic E-state index is 0.258. The first-order chi connectivity index (χ1) is 15.2. The van der Waals surface area contributed by atoms with E-state index in [-0.39, 0.29) is 6.04 Å². The topological polar surface area (TPSA) is 47.7 Å². The van der Waals surface area contributed by atoms with Crippen LogP contribution < -0.4 is 5.32 Å². The highest BCUT2D eigenvalue weighted by molar-refractivity contribution is 9.10. The molecule has 0 saturated carbocycles. The summed E-state index contributed by atoms with van der Waals surface area (Å²) in [5.74, 6) is 0.561. The minimum Gasteiger partial charge on any atom is -0.331 e. The molecule has 0 bridgehead atoms. The van der Waals surface area contributed by atoms with E-state index in [2.05, 4.69) is 79.4 Å². The summed E-state index contributed by atoms with van der Waals surface area (Å²) in [4.78, 5) is 4.86. The molecule has 0 radical (unpaired) electrons. The molecule has 1 saturated heterocycles. The molecule has 3 aromatic heterocycles. The number of nitrogens with one attached hydrogen (secondary N) is 1. The van der Waals surface area contributed by atoms with Crippen molar-refractivity contribution in [3.8, 4) is 0 Å². The maximum Gasteiger partial charge on any atom is 0.0961 e. The molecular formula is C25H24BrN5. The third kappa shape index (κ3) is 3.08. The Kier molecular flexibility index (Phi) is 4.58. The van der Waals surface area contributed by atoms with Gasteiger partial charge in [-0.3, -0.25) is 9.67 Å². The summed E-state index contributed by atoms with van der Waals surface area (Å²) >= 11 is 3.67. The molecule has 1 aliphatic heterocycles. The van der Waals surface area contributed by atoms with Crippen LogP contribution in [0.4, 0.5) is 0 Å². The molecule has 1 aliphatic rings. The predicted molar refractivity (Wildman–Crippen MR) is 129 cm³/mol. The molecule has 6 rings (SSSR count). The van der Waals surface area contributed by atoms with E-state index in [0.717, 1.165) is 46.8 Å². The first kappa shape index (κ1) is 19.0. The summed E-state index contributed by atoms with van der Waals surface area (Å²) in [6, 6.07) is 18.0. The Morgan fingerprint density at radius 1 is 1.00 bits per heavy atom. The number of aromatic nitrogens is 4. The molecule has 5 aromatic rings. The summed E-state index contributed by atoms with van der Waals surface area (Å²) in [5, 5.41) is 10.4. The molecule has 1 N–H and O–H groups in total. The Balaban J connectivity index is 1.71. The van der Waals surface area contributed by atoms with Crippen LogP contribution in [0.25, 0.3) is 32.8 Å². The molecule has 156 valence electrons. The number of hydrogen-bond acceptors (Lipinski definition) is 3. The van der Waals surface area contributed by atoms with E-state index < -0.39 is 0 Å². The average Bonchev–Trinajstić information content (AvgIpc) is 3.31. The molecule has 0 unspecified atom stereocenters. The normalized spacial score (nSPS) is 16.5. The molecule has 1 fully saturated rings. The van der Waals surface area contributed by atoms with Crippen molar-refractivity contribution in [3.63, 3.8) is 0 Å². The van der Waals surface area contributed by atoms with Crippen molar-refractivity contribution < 1.29 is 0 Å². The Morgan fingerprint density at radius 2 is 1.81 bits per heavy atom. The highest BCUT2D eigenvalue weighted by Gasteiger charge is 2.30. The maximum absolute atomic E-state index is 4.86. The molecule has 0 aliphatic carbocycles. The zero-order valence-electron chi connectivity index (χ0n) is 17.4. The van der Waals surface area contributed by atoms with Crippen LogP contribution in [0.1, 0.15) is 24.4 Å². The van der Waals surface area contributed by atoms with Gasteiger partial charge in [0.05, 0.1) is 34.3 Å². The summed E-state index contributed by atoms with van der Waals surface area (Å²) in [6.45, 7) is 2.14. The predicted octanol–water partition coefficient (Wildman–Crippen LogP) is 5.43. The zero-order chi connectivity index (χ0) is 20.9. The SMILES string of the molecule is Cn1ncc2cc3c(cc21)c1ncc(Br)cc1n3[C@H](c1ccccc1)C1CCNCC1. The molecule has 5 nitrogen and oxygen atoms in total. The Bertz CT molecular complexity index is 1400. The fraction of sp³-hybridized carbons (Fsp3) is 0.280. The number of nitrogens with zero attached hydrogens (tertiary/aromatic N) is 4. The van der Waals surface area contributed by atoms with E-state index in [1.54, 1.807) is 0 Å². The van der Waals surface area contributed by atoms with E-state index >= 15 is 0 Å². The van der Waals surface area contributed by atoms with Gasteiger partial charge in [0.1, 0.15) is 0 Å². The van der Waals surface area contributed by atoms with Crippen LogP contribution in [0.15, 0.2) is 65.4 Å². The van der Waals surface area contributed by atoms with Gasteiger partial charge in [-0.15, -0.1) is 0 Å². The van der Waals surface area contributed by atoms with Crippen LogP contribution in [-0.2, 0) is 7.05 Å². The van der Waals surface area contributed by atoms with Crippen molar-refractivity contribution >= 4 is 48.8 Å². The lowest BCUT2D eigenvalue weighted by atomic mass is 9.85. The number of hydrogen-bond donors (Lipinski definition) is 1. The van der Waals surface area contributed by atoms with Gasteiger partial charge in [0.15, 0.2) is 0 Å². The van der Waals surface area contributed by atoms with Crippen LogP contribution >= 0.6 is 15.9 Å². The fourth-order valence-electron chi connectivity index (χ4n) is 5.27. The van der Waals surface area contributed by atoms with Crippen LogP contribution in [0, 0.1) is 5.92 Å². The number of piperidine rings is 1. The van der Waals surface area contributed by atoms with Gasteiger partial charge in [-0.05, 0) is 71.5 Å². The van der Waals surface area contributed by atoms with Crippen molar-refractivity contribution in [2.24, 2.45) is 13.0 Å². The van der Waals surface area contributed by atoms with E-state index in [4.69, 9.17) is 4.98 Å². The van der Waals surface area contributed by atoms with Gasteiger partial charge in [0.2, 0.25) is 0 Å². The van der Waals surface area contributed by atoms with Crippen LogP contribution in [-0.4, -0.2) is 32.4 Å². The second-order valence-electron chi connectivity index (χ2n) is 8.53. The standard InChI is InChI=1S/C25H24BrN5/c1-30-21-13-20-22(11-18(21)14-29-30)31(23-12-19(26)15-28-24(20)23)25(16-5-3-2-4-6-16)17-7-9-27-10-8-17/h2-6,11-15,17,25,27H,7-10H2,1H3/t25-/m1/s1. The third-order valence-electron chi connectivity index (χ3n) is 6.72. The monoisotopic (exact) mass is 473 g/mol. The summed E-state index contributed by atoms with van der Waals surface area (Å²) in [5.41, 5.74) is 5.96. The van der Waals surface area contributed by atoms with Crippen LogP contribution in [0.5, 0.6) is 0 Å². The summed E-state index contributed by atoms with van der Waals surface area (Å²) < 4.78 is 5.49. The number of rotatable bonds is 3. The van der Waals surface area contributed by atoms with Crippen molar-refractivity contribution in [2.45, 2.75) is 18.9 Å². The first-order valence-electron chi connectivity index (χ1n) is 10.9.